The lowest BCUT2D eigenvalue weighted by molar-refractivity contribution is -0.139. The Kier molecular flexibility index (Phi) is 9.31. The first kappa shape index (κ1) is 26.4. The molecule has 1 atom stereocenters. The highest BCUT2D eigenvalue weighted by Crippen LogP contribution is 2.31. The molecule has 2 amide bonds. The number of piperidine rings is 1. The molecule has 1 heterocycles. The van der Waals surface area contributed by atoms with Crippen molar-refractivity contribution in [2.45, 2.75) is 89.5 Å². The fraction of sp³-hybridized carbons (Fsp3) is 0.615. The molecule has 2 aliphatic rings. The summed E-state index contributed by atoms with van der Waals surface area (Å²) < 4.78 is 28.8. The van der Waals surface area contributed by atoms with Gasteiger partial charge in [0.1, 0.15) is 0 Å². The van der Waals surface area contributed by atoms with Crippen LogP contribution in [0.2, 0.25) is 0 Å². The molecular weight excluding hydrogens is 450 g/mol. The number of hydrogen-bond donors (Lipinski definition) is 2. The van der Waals surface area contributed by atoms with E-state index in [0.717, 1.165) is 55.2 Å². The van der Waals surface area contributed by atoms with E-state index in [-0.39, 0.29) is 12.6 Å². The van der Waals surface area contributed by atoms with E-state index in [1.54, 1.807) is 4.31 Å². The van der Waals surface area contributed by atoms with Gasteiger partial charge >= 0.3 is 11.8 Å². The third-order valence-electron chi connectivity index (χ3n) is 6.83. The van der Waals surface area contributed by atoms with Gasteiger partial charge in [-0.05, 0) is 83.3 Å². The van der Waals surface area contributed by atoms with E-state index in [1.807, 2.05) is 32.9 Å². The smallest absolute Gasteiger partial charge is 0.309 e. The molecule has 0 bridgehead atoms. The van der Waals surface area contributed by atoms with E-state index in [2.05, 4.69) is 16.7 Å². The van der Waals surface area contributed by atoms with Crippen molar-refractivity contribution in [3.8, 4) is 0 Å². The molecule has 3 rings (SSSR count). The average Bonchev–Trinajstić information content (AvgIpc) is 2.79. The molecular formula is C26H39N3O4S. The molecule has 34 heavy (non-hydrogen) atoms. The minimum atomic E-state index is -3.64. The van der Waals surface area contributed by atoms with Gasteiger partial charge < -0.3 is 10.6 Å². The van der Waals surface area contributed by atoms with Gasteiger partial charge in [0.2, 0.25) is 10.0 Å². The molecule has 1 aliphatic heterocycles. The Hall–Kier alpha value is -2.19. The van der Waals surface area contributed by atoms with Crippen LogP contribution in [-0.2, 0) is 19.6 Å². The highest BCUT2D eigenvalue weighted by atomic mass is 32.2. The van der Waals surface area contributed by atoms with Gasteiger partial charge in [-0.2, -0.15) is 4.31 Å². The SMILES string of the molecule is Cc1cc(C)c(S(=O)(=O)N2CCCCC2CCNC(=O)C(=O)NCCC2=CCCCC2)c(C)c1. The average molecular weight is 490 g/mol. The maximum atomic E-state index is 13.6. The first-order valence-corrected chi connectivity index (χ1v) is 14.0. The van der Waals surface area contributed by atoms with Crippen molar-refractivity contribution >= 4 is 21.8 Å². The van der Waals surface area contributed by atoms with Gasteiger partial charge in [0.25, 0.3) is 0 Å². The maximum Gasteiger partial charge on any atom is 0.309 e. The van der Waals surface area contributed by atoms with Gasteiger partial charge in [0, 0.05) is 25.7 Å². The summed E-state index contributed by atoms with van der Waals surface area (Å²) in [6.45, 7) is 6.85. The number of nitrogens with zero attached hydrogens (tertiary/aromatic N) is 1. The number of allylic oxidation sites excluding steroid dienone is 1. The summed E-state index contributed by atoms with van der Waals surface area (Å²) in [5.41, 5.74) is 3.91. The monoisotopic (exact) mass is 489 g/mol. The maximum absolute atomic E-state index is 13.6. The summed E-state index contributed by atoms with van der Waals surface area (Å²) >= 11 is 0. The lowest BCUT2D eigenvalue weighted by atomic mass is 9.97. The second-order valence-electron chi connectivity index (χ2n) is 9.65. The van der Waals surface area contributed by atoms with Crippen LogP contribution in [0.5, 0.6) is 0 Å². The molecule has 1 saturated heterocycles. The van der Waals surface area contributed by atoms with Crippen LogP contribution < -0.4 is 10.6 Å². The van der Waals surface area contributed by atoms with Crippen LogP contribution in [-0.4, -0.2) is 50.2 Å². The van der Waals surface area contributed by atoms with Crippen molar-refractivity contribution in [3.05, 3.63) is 40.5 Å². The van der Waals surface area contributed by atoms with E-state index < -0.39 is 21.8 Å². The van der Waals surface area contributed by atoms with Gasteiger partial charge in [-0.15, -0.1) is 0 Å². The summed E-state index contributed by atoms with van der Waals surface area (Å²) in [6.07, 6.45) is 10.6. The zero-order chi connectivity index (χ0) is 24.7. The Morgan fingerprint density at radius 1 is 0.971 bits per heavy atom. The normalized spacial score (nSPS) is 19.4. The standard InChI is InChI=1S/C26H39N3O4S/c1-19-17-20(2)24(21(3)18-19)34(32,33)29-16-8-7-11-23(29)13-15-28-26(31)25(30)27-14-12-22-9-5-4-6-10-22/h9,17-18,23H,4-8,10-16H2,1-3H3,(H,27,30)(H,28,31). The van der Waals surface area contributed by atoms with Crippen LogP contribution in [0.3, 0.4) is 0 Å². The minimum Gasteiger partial charge on any atom is -0.348 e. The number of carbonyl (C=O) groups excluding carboxylic acids is 2. The summed E-state index contributed by atoms with van der Waals surface area (Å²) in [4.78, 5) is 24.7. The Labute approximate surface area is 204 Å². The largest absolute Gasteiger partial charge is 0.348 e. The van der Waals surface area contributed by atoms with E-state index in [9.17, 15) is 18.0 Å². The Morgan fingerprint density at radius 2 is 1.65 bits per heavy atom. The second-order valence-corrected chi connectivity index (χ2v) is 11.5. The topological polar surface area (TPSA) is 95.6 Å². The van der Waals surface area contributed by atoms with Crippen LogP contribution in [0, 0.1) is 20.8 Å². The third-order valence-corrected chi connectivity index (χ3v) is 9.09. The molecule has 188 valence electrons. The van der Waals surface area contributed by atoms with Crippen molar-refractivity contribution < 1.29 is 18.0 Å². The summed E-state index contributed by atoms with van der Waals surface area (Å²) in [5.74, 6) is -1.29. The zero-order valence-corrected chi connectivity index (χ0v) is 21.6. The molecule has 1 aromatic carbocycles. The molecule has 2 N–H and O–H groups in total. The molecule has 1 unspecified atom stereocenters. The fourth-order valence-corrected chi connectivity index (χ4v) is 7.39. The van der Waals surface area contributed by atoms with Crippen LogP contribution in [0.4, 0.5) is 0 Å². The molecule has 0 aromatic heterocycles. The van der Waals surface area contributed by atoms with Crippen molar-refractivity contribution in [3.63, 3.8) is 0 Å². The predicted molar refractivity (Wildman–Crippen MR) is 134 cm³/mol. The fourth-order valence-electron chi connectivity index (χ4n) is 5.25. The van der Waals surface area contributed by atoms with Crippen molar-refractivity contribution in [1.29, 1.82) is 0 Å². The number of nitrogens with one attached hydrogen (secondary N) is 2. The molecule has 0 saturated carbocycles. The molecule has 8 heteroatoms. The lowest BCUT2D eigenvalue weighted by Gasteiger charge is -2.35. The van der Waals surface area contributed by atoms with E-state index in [0.29, 0.717) is 24.4 Å². The van der Waals surface area contributed by atoms with Gasteiger partial charge in [-0.1, -0.05) is 35.8 Å². The number of benzene rings is 1. The van der Waals surface area contributed by atoms with Gasteiger partial charge in [0.15, 0.2) is 0 Å². The number of amides is 2. The molecule has 0 radical (unpaired) electrons. The Morgan fingerprint density at radius 3 is 2.29 bits per heavy atom. The van der Waals surface area contributed by atoms with Crippen LogP contribution in [0.1, 0.15) is 74.5 Å². The summed E-state index contributed by atoms with van der Waals surface area (Å²) in [5, 5.41) is 5.36. The highest BCUT2D eigenvalue weighted by Gasteiger charge is 2.35. The number of hydrogen-bond acceptors (Lipinski definition) is 4. The highest BCUT2D eigenvalue weighted by molar-refractivity contribution is 7.89. The van der Waals surface area contributed by atoms with Crippen LogP contribution in [0.15, 0.2) is 28.7 Å². The number of sulfonamides is 1. The van der Waals surface area contributed by atoms with Crippen molar-refractivity contribution in [2.75, 3.05) is 19.6 Å². The third kappa shape index (κ3) is 6.69. The lowest BCUT2D eigenvalue weighted by Crippen LogP contribution is -2.46. The molecule has 1 aromatic rings. The minimum absolute atomic E-state index is 0.194. The van der Waals surface area contributed by atoms with E-state index in [1.165, 1.54) is 18.4 Å². The van der Waals surface area contributed by atoms with Crippen molar-refractivity contribution in [1.82, 2.24) is 14.9 Å². The predicted octanol–water partition coefficient (Wildman–Crippen LogP) is 3.67. The zero-order valence-electron chi connectivity index (χ0n) is 20.8. The van der Waals surface area contributed by atoms with Crippen LogP contribution in [0.25, 0.3) is 0 Å². The first-order valence-electron chi connectivity index (χ1n) is 12.5. The Balaban J connectivity index is 1.53. The van der Waals surface area contributed by atoms with Crippen molar-refractivity contribution in [2.24, 2.45) is 0 Å². The van der Waals surface area contributed by atoms with Gasteiger partial charge in [0.05, 0.1) is 4.90 Å². The van der Waals surface area contributed by atoms with Crippen LogP contribution >= 0.6 is 0 Å². The Bertz CT molecular complexity index is 1010. The number of aryl methyl sites for hydroxylation is 3. The first-order chi connectivity index (χ1) is 16.2. The number of rotatable bonds is 8. The quantitative estimate of drug-likeness (QED) is 0.430. The number of carbonyl (C=O) groups is 2. The van der Waals surface area contributed by atoms with E-state index >= 15 is 0 Å². The summed E-state index contributed by atoms with van der Waals surface area (Å²) in [7, 11) is -3.64. The van der Waals surface area contributed by atoms with Gasteiger partial charge in [-0.25, -0.2) is 8.42 Å². The molecule has 1 fully saturated rings. The summed E-state index contributed by atoms with van der Waals surface area (Å²) in [6, 6.07) is 3.62. The second kappa shape index (κ2) is 12.0. The molecule has 1 aliphatic carbocycles. The molecule has 7 nitrogen and oxygen atoms in total. The van der Waals surface area contributed by atoms with E-state index in [4.69, 9.17) is 0 Å². The van der Waals surface area contributed by atoms with Gasteiger partial charge in [-0.3, -0.25) is 9.59 Å². The molecule has 0 spiro atoms.